The van der Waals surface area contributed by atoms with Crippen LogP contribution in [0.3, 0.4) is 0 Å². The number of ether oxygens (including phenoxy) is 1. The first-order valence-corrected chi connectivity index (χ1v) is 11.4. The van der Waals surface area contributed by atoms with Crippen molar-refractivity contribution in [2.75, 3.05) is 26.3 Å². The highest BCUT2D eigenvalue weighted by molar-refractivity contribution is 5.76. The molecule has 0 spiro atoms. The normalized spacial score (nSPS) is 23.6. The molecule has 0 unspecified atom stereocenters. The second-order valence-corrected chi connectivity index (χ2v) is 9.45. The summed E-state index contributed by atoms with van der Waals surface area (Å²) in [5, 5.41) is 10.2. The summed E-state index contributed by atoms with van der Waals surface area (Å²) in [5.74, 6) is 0. The van der Waals surface area contributed by atoms with E-state index in [1.54, 1.807) is 0 Å². The van der Waals surface area contributed by atoms with Crippen LogP contribution in [0.25, 0.3) is 11.1 Å². The van der Waals surface area contributed by atoms with Crippen molar-refractivity contribution < 1.29 is 9.84 Å². The van der Waals surface area contributed by atoms with E-state index in [0.717, 1.165) is 51.9 Å². The molecule has 1 atom stereocenters. The number of hydrogen-bond acceptors (Lipinski definition) is 3. The zero-order valence-electron chi connectivity index (χ0n) is 17.4. The van der Waals surface area contributed by atoms with Gasteiger partial charge in [0.2, 0.25) is 0 Å². The Morgan fingerprint density at radius 2 is 1.83 bits per heavy atom. The summed E-state index contributed by atoms with van der Waals surface area (Å²) >= 11 is 0. The van der Waals surface area contributed by atoms with Crippen LogP contribution in [0.1, 0.15) is 55.2 Å². The summed E-state index contributed by atoms with van der Waals surface area (Å²) in [7, 11) is 0. The van der Waals surface area contributed by atoms with Gasteiger partial charge in [-0.25, -0.2) is 0 Å². The molecule has 3 aliphatic rings. The van der Waals surface area contributed by atoms with Gasteiger partial charge in [0.1, 0.15) is 0 Å². The summed E-state index contributed by atoms with van der Waals surface area (Å²) in [4.78, 5) is 2.57. The number of fused-ring (bicyclic) bond motifs is 3. The Morgan fingerprint density at radius 3 is 2.62 bits per heavy atom. The van der Waals surface area contributed by atoms with Gasteiger partial charge in [0.25, 0.3) is 0 Å². The van der Waals surface area contributed by atoms with Crippen LogP contribution < -0.4 is 0 Å². The number of rotatable bonds is 5. The Balaban J connectivity index is 1.20. The lowest BCUT2D eigenvalue weighted by Crippen LogP contribution is -2.44. The van der Waals surface area contributed by atoms with Crippen LogP contribution in [-0.4, -0.2) is 42.4 Å². The first kappa shape index (κ1) is 19.3. The molecule has 2 saturated heterocycles. The van der Waals surface area contributed by atoms with Gasteiger partial charge >= 0.3 is 0 Å². The molecule has 2 aliphatic heterocycles. The van der Waals surface area contributed by atoms with Crippen molar-refractivity contribution in [1.82, 2.24) is 4.90 Å². The maximum Gasteiger partial charge on any atom is 0.0581 e. The molecule has 0 bridgehead atoms. The molecule has 3 nitrogen and oxygen atoms in total. The van der Waals surface area contributed by atoms with Crippen molar-refractivity contribution >= 4 is 0 Å². The Hall–Kier alpha value is -1.68. The molecule has 29 heavy (non-hydrogen) atoms. The summed E-state index contributed by atoms with van der Waals surface area (Å²) in [6.07, 6.45) is 8.27. The zero-order valence-corrected chi connectivity index (χ0v) is 17.4. The third-order valence-electron chi connectivity index (χ3n) is 7.45. The van der Waals surface area contributed by atoms with Gasteiger partial charge in [0, 0.05) is 19.8 Å². The smallest absolute Gasteiger partial charge is 0.0581 e. The van der Waals surface area contributed by atoms with Crippen molar-refractivity contribution in [3.63, 3.8) is 0 Å². The van der Waals surface area contributed by atoms with Crippen molar-refractivity contribution in [2.45, 2.75) is 57.6 Å². The van der Waals surface area contributed by atoms with E-state index in [1.165, 1.54) is 47.1 Å². The van der Waals surface area contributed by atoms with Crippen LogP contribution in [0.5, 0.6) is 0 Å². The Labute approximate surface area is 174 Å². The number of nitrogens with zero attached hydrogens (tertiary/aromatic N) is 1. The molecule has 2 aromatic rings. The SMILES string of the molecule is OCC1(C[C@@H]2CCCCO2)CCN(Cc2ccc3c(c2)Cc2ccccc2-3)CC1. The average molecular weight is 392 g/mol. The number of piperidine rings is 1. The van der Waals surface area contributed by atoms with Crippen LogP contribution in [0.2, 0.25) is 0 Å². The molecule has 0 radical (unpaired) electrons. The lowest BCUT2D eigenvalue weighted by molar-refractivity contribution is -0.0486. The minimum absolute atomic E-state index is 0.0675. The fourth-order valence-electron chi connectivity index (χ4n) is 5.62. The minimum Gasteiger partial charge on any atom is -0.396 e. The van der Waals surface area contributed by atoms with Gasteiger partial charge in [-0.15, -0.1) is 0 Å². The van der Waals surface area contributed by atoms with Gasteiger partial charge in [-0.2, -0.15) is 0 Å². The number of benzene rings is 2. The minimum atomic E-state index is 0.0675. The van der Waals surface area contributed by atoms with Gasteiger partial charge in [-0.05, 0) is 91.3 Å². The van der Waals surface area contributed by atoms with Crippen molar-refractivity contribution in [3.05, 3.63) is 59.2 Å². The predicted molar refractivity (Wildman–Crippen MR) is 117 cm³/mol. The zero-order chi connectivity index (χ0) is 19.7. The molecule has 0 aromatic heterocycles. The molecule has 1 N–H and O–H groups in total. The third kappa shape index (κ3) is 4.01. The lowest BCUT2D eigenvalue weighted by atomic mass is 9.74. The molecule has 2 heterocycles. The molecule has 0 amide bonds. The highest BCUT2D eigenvalue weighted by Gasteiger charge is 2.37. The standard InChI is InChI=1S/C26H33NO2/c28-19-26(17-23-6-3-4-14-29-23)10-12-27(13-11-26)18-20-8-9-25-22(15-20)16-21-5-1-2-7-24(21)25/h1-2,5,7-9,15,23,28H,3-4,6,10-14,16-19H2/t23-/m0/s1. The maximum absolute atomic E-state index is 10.2. The van der Waals surface area contributed by atoms with E-state index < -0.39 is 0 Å². The molecule has 0 saturated carbocycles. The predicted octanol–water partition coefficient (Wildman–Crippen LogP) is 4.79. The number of aliphatic hydroxyl groups excluding tert-OH is 1. The Kier molecular flexibility index (Phi) is 5.47. The van der Waals surface area contributed by atoms with E-state index in [9.17, 15) is 5.11 Å². The molecule has 1 aliphatic carbocycles. The quantitative estimate of drug-likeness (QED) is 0.679. The molecule has 154 valence electrons. The molecule has 2 fully saturated rings. The number of aliphatic hydroxyl groups is 1. The molecule has 5 rings (SSSR count). The first-order valence-electron chi connectivity index (χ1n) is 11.4. The Morgan fingerprint density at radius 1 is 1.00 bits per heavy atom. The van der Waals surface area contributed by atoms with Crippen molar-refractivity contribution in [3.8, 4) is 11.1 Å². The van der Waals surface area contributed by atoms with E-state index in [1.807, 2.05) is 0 Å². The van der Waals surface area contributed by atoms with E-state index in [0.29, 0.717) is 12.7 Å². The monoisotopic (exact) mass is 391 g/mol. The second-order valence-electron chi connectivity index (χ2n) is 9.45. The summed E-state index contributed by atoms with van der Waals surface area (Å²) in [6.45, 7) is 4.37. The van der Waals surface area contributed by atoms with E-state index in [4.69, 9.17) is 4.74 Å². The summed E-state index contributed by atoms with van der Waals surface area (Å²) < 4.78 is 5.97. The van der Waals surface area contributed by atoms with Crippen LogP contribution in [0, 0.1) is 5.41 Å². The van der Waals surface area contributed by atoms with Crippen LogP contribution in [0.15, 0.2) is 42.5 Å². The second kappa shape index (κ2) is 8.22. The van der Waals surface area contributed by atoms with E-state index in [2.05, 4.69) is 47.4 Å². The summed E-state index contributed by atoms with van der Waals surface area (Å²) in [5.41, 5.74) is 7.23. The van der Waals surface area contributed by atoms with Crippen LogP contribution in [0.4, 0.5) is 0 Å². The maximum atomic E-state index is 10.2. The highest BCUT2D eigenvalue weighted by Crippen LogP contribution is 2.39. The van der Waals surface area contributed by atoms with Gasteiger partial charge in [-0.3, -0.25) is 4.90 Å². The van der Waals surface area contributed by atoms with Crippen LogP contribution >= 0.6 is 0 Å². The van der Waals surface area contributed by atoms with Gasteiger partial charge in [0.05, 0.1) is 6.10 Å². The van der Waals surface area contributed by atoms with E-state index in [-0.39, 0.29) is 5.41 Å². The summed E-state index contributed by atoms with van der Waals surface area (Å²) in [6, 6.07) is 15.8. The van der Waals surface area contributed by atoms with Gasteiger partial charge in [-0.1, -0.05) is 42.5 Å². The average Bonchev–Trinajstić information content (AvgIpc) is 3.14. The van der Waals surface area contributed by atoms with Gasteiger partial charge in [0.15, 0.2) is 0 Å². The van der Waals surface area contributed by atoms with Crippen molar-refractivity contribution in [2.24, 2.45) is 5.41 Å². The van der Waals surface area contributed by atoms with Gasteiger partial charge < -0.3 is 9.84 Å². The Bertz CT molecular complexity index is 848. The largest absolute Gasteiger partial charge is 0.396 e. The first-order chi connectivity index (χ1) is 14.2. The molecular weight excluding hydrogens is 358 g/mol. The highest BCUT2D eigenvalue weighted by atomic mass is 16.5. The van der Waals surface area contributed by atoms with E-state index >= 15 is 0 Å². The molecular formula is C26H33NO2. The number of likely N-dealkylation sites (tertiary alicyclic amines) is 1. The number of hydrogen-bond donors (Lipinski definition) is 1. The molecule has 2 aromatic carbocycles. The fourth-order valence-corrected chi connectivity index (χ4v) is 5.62. The lowest BCUT2D eigenvalue weighted by Gasteiger charge is -2.43. The topological polar surface area (TPSA) is 32.7 Å². The van der Waals surface area contributed by atoms with Crippen molar-refractivity contribution in [1.29, 1.82) is 0 Å². The molecule has 3 heteroatoms. The van der Waals surface area contributed by atoms with Crippen LogP contribution in [-0.2, 0) is 17.7 Å². The fraction of sp³-hybridized carbons (Fsp3) is 0.538. The third-order valence-corrected chi connectivity index (χ3v) is 7.45.